The van der Waals surface area contributed by atoms with Crippen LogP contribution in [0.1, 0.15) is 38.2 Å². The van der Waals surface area contributed by atoms with Gasteiger partial charge in [-0.3, -0.25) is 4.98 Å². The average molecular weight is 310 g/mol. The number of pyridine rings is 1. The van der Waals surface area contributed by atoms with Crippen molar-refractivity contribution in [2.45, 2.75) is 33.7 Å². The predicted octanol–water partition coefficient (Wildman–Crippen LogP) is 3.05. The molecule has 0 spiro atoms. The highest BCUT2D eigenvalue weighted by Gasteiger charge is 2.24. The van der Waals surface area contributed by atoms with Crippen molar-refractivity contribution in [2.24, 2.45) is 5.92 Å². The molecule has 120 valence electrons. The standard InChI is InChI=1S/C17H22N6/c1-5-22(17(12(2)3)14-7-6-10-18-11-14)16-9-8-15-20-19-13(4)23(15)21-16/h6-12,17H,5H2,1-4H3/t17-/m0/s1. The van der Waals surface area contributed by atoms with E-state index in [9.17, 15) is 0 Å². The van der Waals surface area contributed by atoms with Gasteiger partial charge in [0.15, 0.2) is 11.5 Å². The summed E-state index contributed by atoms with van der Waals surface area (Å²) in [6, 6.07) is 8.31. The number of hydrogen-bond acceptors (Lipinski definition) is 5. The van der Waals surface area contributed by atoms with Crippen LogP contribution in [0.4, 0.5) is 5.82 Å². The predicted molar refractivity (Wildman–Crippen MR) is 90.4 cm³/mol. The first-order chi connectivity index (χ1) is 11.1. The summed E-state index contributed by atoms with van der Waals surface area (Å²) in [6.45, 7) is 9.37. The van der Waals surface area contributed by atoms with Crippen LogP contribution in [0.25, 0.3) is 5.65 Å². The lowest BCUT2D eigenvalue weighted by Gasteiger charge is -2.34. The molecule has 0 N–H and O–H groups in total. The van der Waals surface area contributed by atoms with Crippen LogP contribution >= 0.6 is 0 Å². The molecule has 0 aliphatic rings. The van der Waals surface area contributed by atoms with Crippen molar-refractivity contribution in [2.75, 3.05) is 11.4 Å². The molecule has 0 bridgehead atoms. The van der Waals surface area contributed by atoms with E-state index in [1.54, 1.807) is 4.52 Å². The van der Waals surface area contributed by atoms with Gasteiger partial charge in [0.1, 0.15) is 5.82 Å². The molecule has 6 heteroatoms. The van der Waals surface area contributed by atoms with Crippen molar-refractivity contribution in [1.29, 1.82) is 0 Å². The second kappa shape index (κ2) is 6.32. The van der Waals surface area contributed by atoms with E-state index in [1.807, 2.05) is 37.5 Å². The minimum atomic E-state index is 0.218. The molecular formula is C17H22N6. The van der Waals surface area contributed by atoms with Crippen molar-refractivity contribution in [3.8, 4) is 0 Å². The van der Waals surface area contributed by atoms with Crippen LogP contribution in [0, 0.1) is 12.8 Å². The lowest BCUT2D eigenvalue weighted by atomic mass is 9.95. The monoisotopic (exact) mass is 310 g/mol. The number of rotatable bonds is 5. The maximum atomic E-state index is 4.73. The Morgan fingerprint density at radius 1 is 1.17 bits per heavy atom. The van der Waals surface area contributed by atoms with Gasteiger partial charge in [0.05, 0.1) is 6.04 Å². The molecule has 23 heavy (non-hydrogen) atoms. The summed E-state index contributed by atoms with van der Waals surface area (Å²) in [5, 5.41) is 12.9. The van der Waals surface area contributed by atoms with E-state index in [2.05, 4.69) is 46.9 Å². The first-order valence-electron chi connectivity index (χ1n) is 7.97. The zero-order valence-corrected chi connectivity index (χ0v) is 14.0. The van der Waals surface area contributed by atoms with E-state index in [0.29, 0.717) is 5.92 Å². The Hall–Kier alpha value is -2.50. The molecule has 0 aliphatic carbocycles. The molecular weight excluding hydrogens is 288 g/mol. The number of anilines is 1. The number of aromatic nitrogens is 5. The Morgan fingerprint density at radius 3 is 2.65 bits per heavy atom. The zero-order chi connectivity index (χ0) is 16.4. The molecule has 0 saturated carbocycles. The van der Waals surface area contributed by atoms with Gasteiger partial charge < -0.3 is 4.90 Å². The van der Waals surface area contributed by atoms with Crippen LogP contribution in [-0.4, -0.2) is 31.3 Å². The van der Waals surface area contributed by atoms with Gasteiger partial charge in [-0.15, -0.1) is 15.3 Å². The Morgan fingerprint density at radius 2 is 2.00 bits per heavy atom. The minimum Gasteiger partial charge on any atom is -0.348 e. The van der Waals surface area contributed by atoms with Crippen LogP contribution in [0.5, 0.6) is 0 Å². The quantitative estimate of drug-likeness (QED) is 0.725. The molecule has 3 aromatic heterocycles. The highest BCUT2D eigenvalue weighted by molar-refractivity contribution is 5.47. The second-order valence-electron chi connectivity index (χ2n) is 5.97. The van der Waals surface area contributed by atoms with E-state index >= 15 is 0 Å². The lowest BCUT2D eigenvalue weighted by molar-refractivity contribution is 0.469. The van der Waals surface area contributed by atoms with Crippen molar-refractivity contribution in [1.82, 2.24) is 24.8 Å². The smallest absolute Gasteiger partial charge is 0.178 e. The minimum absolute atomic E-state index is 0.218. The van der Waals surface area contributed by atoms with Gasteiger partial charge >= 0.3 is 0 Å². The lowest BCUT2D eigenvalue weighted by Crippen LogP contribution is -2.33. The molecule has 0 unspecified atom stereocenters. The molecule has 0 radical (unpaired) electrons. The SMILES string of the molecule is CCN(c1ccc2nnc(C)n2n1)[C@H](c1cccnc1)C(C)C. The van der Waals surface area contributed by atoms with Gasteiger partial charge in [0.2, 0.25) is 0 Å². The third-order valence-corrected chi connectivity index (χ3v) is 4.03. The molecule has 0 aromatic carbocycles. The Kier molecular flexibility index (Phi) is 4.23. The third-order valence-electron chi connectivity index (χ3n) is 4.03. The summed E-state index contributed by atoms with van der Waals surface area (Å²) in [6.07, 6.45) is 3.75. The van der Waals surface area contributed by atoms with Crippen molar-refractivity contribution >= 4 is 11.5 Å². The Bertz CT molecular complexity index is 780. The van der Waals surface area contributed by atoms with Crippen molar-refractivity contribution in [3.05, 3.63) is 48.0 Å². The third kappa shape index (κ3) is 2.88. The average Bonchev–Trinajstić information content (AvgIpc) is 2.93. The second-order valence-corrected chi connectivity index (χ2v) is 5.97. The number of hydrogen-bond donors (Lipinski definition) is 0. The van der Waals surface area contributed by atoms with Gasteiger partial charge in [0, 0.05) is 18.9 Å². The van der Waals surface area contributed by atoms with Gasteiger partial charge in [-0.1, -0.05) is 19.9 Å². The van der Waals surface area contributed by atoms with Crippen LogP contribution in [0.2, 0.25) is 0 Å². The van der Waals surface area contributed by atoms with Crippen molar-refractivity contribution < 1.29 is 0 Å². The molecule has 3 heterocycles. The van der Waals surface area contributed by atoms with E-state index in [0.717, 1.165) is 23.8 Å². The largest absolute Gasteiger partial charge is 0.348 e. The molecule has 0 saturated heterocycles. The molecule has 0 fully saturated rings. The van der Waals surface area contributed by atoms with Gasteiger partial charge in [-0.05, 0) is 43.5 Å². The normalized spacial score (nSPS) is 12.7. The summed E-state index contributed by atoms with van der Waals surface area (Å²) >= 11 is 0. The van der Waals surface area contributed by atoms with Gasteiger partial charge in [-0.25, -0.2) is 0 Å². The molecule has 1 atom stereocenters. The van der Waals surface area contributed by atoms with Gasteiger partial charge in [0.25, 0.3) is 0 Å². The van der Waals surface area contributed by atoms with E-state index in [1.165, 1.54) is 5.56 Å². The number of fused-ring (bicyclic) bond motifs is 1. The number of nitrogens with zero attached hydrogens (tertiary/aromatic N) is 6. The van der Waals surface area contributed by atoms with E-state index in [-0.39, 0.29) is 6.04 Å². The molecule has 0 aliphatic heterocycles. The maximum absolute atomic E-state index is 4.73. The summed E-state index contributed by atoms with van der Waals surface area (Å²) in [5.41, 5.74) is 1.97. The maximum Gasteiger partial charge on any atom is 0.178 e. The fourth-order valence-electron chi connectivity index (χ4n) is 3.02. The summed E-state index contributed by atoms with van der Waals surface area (Å²) < 4.78 is 1.79. The molecule has 6 nitrogen and oxygen atoms in total. The topological polar surface area (TPSA) is 59.2 Å². The first-order valence-corrected chi connectivity index (χ1v) is 7.97. The summed E-state index contributed by atoms with van der Waals surface area (Å²) in [7, 11) is 0. The molecule has 3 aromatic rings. The van der Waals surface area contributed by atoms with E-state index < -0.39 is 0 Å². The fraction of sp³-hybridized carbons (Fsp3) is 0.412. The van der Waals surface area contributed by atoms with Crippen LogP contribution in [0.3, 0.4) is 0 Å². The summed E-state index contributed by atoms with van der Waals surface area (Å²) in [4.78, 5) is 6.59. The van der Waals surface area contributed by atoms with Crippen LogP contribution in [0.15, 0.2) is 36.7 Å². The highest BCUT2D eigenvalue weighted by Crippen LogP contribution is 2.31. The fourth-order valence-corrected chi connectivity index (χ4v) is 3.02. The number of aryl methyl sites for hydroxylation is 1. The zero-order valence-electron chi connectivity index (χ0n) is 14.0. The first kappa shape index (κ1) is 15.4. The van der Waals surface area contributed by atoms with Crippen LogP contribution in [-0.2, 0) is 0 Å². The Labute approximate surface area is 136 Å². The molecule has 3 rings (SSSR count). The Balaban J connectivity index is 2.06. The highest BCUT2D eigenvalue weighted by atomic mass is 15.4. The summed E-state index contributed by atoms with van der Waals surface area (Å²) in [5.74, 6) is 2.14. The van der Waals surface area contributed by atoms with E-state index in [4.69, 9.17) is 5.10 Å². The molecule has 0 amide bonds. The van der Waals surface area contributed by atoms with Gasteiger partial charge in [-0.2, -0.15) is 4.52 Å². The van der Waals surface area contributed by atoms with Crippen LogP contribution < -0.4 is 4.90 Å². The van der Waals surface area contributed by atoms with Crippen molar-refractivity contribution in [3.63, 3.8) is 0 Å².